The Balaban J connectivity index is 1.55. The number of piperidine rings is 1. The van der Waals surface area contributed by atoms with Crippen LogP contribution in [0, 0.1) is 11.6 Å². The fourth-order valence-electron chi connectivity index (χ4n) is 4.93. The second kappa shape index (κ2) is 11.1. The molecule has 2 aliphatic rings. The largest absolute Gasteiger partial charge is 0.492 e. The predicted octanol–water partition coefficient (Wildman–Crippen LogP) is 4.65. The zero-order chi connectivity index (χ0) is 23.2. The standard InChI is InChI=1S/C26H32F2N2O3/c1-32-25-12-6-14-30-24(25)11-2-3-13-29(18-21-22(27)9-5-10-23(21)28)15-16-33-20-8-4-7-19(17-20)26(30)31/h4-5,7-10,17,24-25H,2-3,6,11-16,18H2,1H3/t24-,25-/m0/s1. The van der Waals surface area contributed by atoms with Gasteiger partial charge in [-0.2, -0.15) is 0 Å². The van der Waals surface area contributed by atoms with Crippen molar-refractivity contribution in [2.24, 2.45) is 0 Å². The lowest BCUT2D eigenvalue weighted by molar-refractivity contribution is -0.0156. The lowest BCUT2D eigenvalue weighted by atomic mass is 9.93. The van der Waals surface area contributed by atoms with Crippen LogP contribution in [-0.4, -0.2) is 61.2 Å². The quantitative estimate of drug-likeness (QED) is 0.672. The Morgan fingerprint density at radius 3 is 2.58 bits per heavy atom. The van der Waals surface area contributed by atoms with Crippen LogP contribution in [-0.2, 0) is 11.3 Å². The SMILES string of the molecule is CO[C@H]1CCCN2C(=O)c3cccc(c3)OCCN(Cc3c(F)cccc3F)CCCC[C@@H]12. The number of carbonyl (C=O) groups excluding carboxylic acids is 1. The van der Waals surface area contributed by atoms with Gasteiger partial charge in [-0.05, 0) is 62.6 Å². The maximum atomic E-state index is 14.2. The average Bonchev–Trinajstić information content (AvgIpc) is 2.83. The highest BCUT2D eigenvalue weighted by atomic mass is 19.1. The van der Waals surface area contributed by atoms with Gasteiger partial charge in [0.15, 0.2) is 0 Å². The van der Waals surface area contributed by atoms with E-state index in [1.54, 1.807) is 13.2 Å². The van der Waals surface area contributed by atoms with E-state index in [1.165, 1.54) is 18.2 Å². The summed E-state index contributed by atoms with van der Waals surface area (Å²) in [5, 5.41) is 0. The van der Waals surface area contributed by atoms with Crippen LogP contribution in [0.15, 0.2) is 42.5 Å². The summed E-state index contributed by atoms with van der Waals surface area (Å²) in [7, 11) is 1.71. The fourth-order valence-corrected chi connectivity index (χ4v) is 4.93. The van der Waals surface area contributed by atoms with E-state index in [0.717, 1.165) is 32.1 Å². The number of hydrogen-bond donors (Lipinski definition) is 0. The molecule has 0 radical (unpaired) electrons. The number of rotatable bonds is 3. The molecule has 0 saturated carbocycles. The van der Waals surface area contributed by atoms with Crippen molar-refractivity contribution >= 4 is 5.91 Å². The number of halogens is 2. The molecule has 5 nitrogen and oxygen atoms in total. The summed E-state index contributed by atoms with van der Waals surface area (Å²) in [4.78, 5) is 17.3. The summed E-state index contributed by atoms with van der Waals surface area (Å²) in [5.41, 5.74) is 0.695. The molecule has 178 valence electrons. The van der Waals surface area contributed by atoms with Crippen molar-refractivity contribution in [1.82, 2.24) is 9.80 Å². The number of ether oxygens (including phenoxy) is 2. The fraction of sp³-hybridized carbons (Fsp3) is 0.500. The molecule has 0 aliphatic carbocycles. The highest BCUT2D eigenvalue weighted by Gasteiger charge is 2.34. The monoisotopic (exact) mass is 458 g/mol. The minimum Gasteiger partial charge on any atom is -0.492 e. The van der Waals surface area contributed by atoms with E-state index in [0.29, 0.717) is 37.6 Å². The molecule has 0 unspecified atom stereocenters. The summed E-state index contributed by atoms with van der Waals surface area (Å²) in [5.74, 6) is -0.419. The molecule has 2 aliphatic heterocycles. The Hall–Kier alpha value is -2.51. The molecule has 7 heteroatoms. The molecule has 0 N–H and O–H groups in total. The van der Waals surface area contributed by atoms with Gasteiger partial charge in [0.2, 0.25) is 0 Å². The van der Waals surface area contributed by atoms with Gasteiger partial charge in [0.05, 0.1) is 12.1 Å². The minimum atomic E-state index is -0.526. The molecule has 2 bridgehead atoms. The van der Waals surface area contributed by atoms with Gasteiger partial charge in [-0.25, -0.2) is 8.78 Å². The summed E-state index contributed by atoms with van der Waals surface area (Å²) in [6.45, 7) is 2.49. The number of hydrogen-bond acceptors (Lipinski definition) is 4. The highest BCUT2D eigenvalue weighted by Crippen LogP contribution is 2.27. The van der Waals surface area contributed by atoms with Crippen molar-refractivity contribution in [3.05, 3.63) is 65.2 Å². The van der Waals surface area contributed by atoms with E-state index in [-0.39, 0.29) is 30.2 Å². The third-order valence-electron chi connectivity index (χ3n) is 6.71. The second-order valence-corrected chi connectivity index (χ2v) is 8.83. The van der Waals surface area contributed by atoms with E-state index in [9.17, 15) is 13.6 Å². The van der Waals surface area contributed by atoms with Gasteiger partial charge in [0, 0.05) is 37.9 Å². The van der Waals surface area contributed by atoms with Crippen LogP contribution in [0.3, 0.4) is 0 Å². The molecule has 0 spiro atoms. The molecule has 1 fully saturated rings. The zero-order valence-electron chi connectivity index (χ0n) is 19.1. The van der Waals surface area contributed by atoms with Gasteiger partial charge in [-0.15, -0.1) is 0 Å². The highest BCUT2D eigenvalue weighted by molar-refractivity contribution is 5.95. The van der Waals surface area contributed by atoms with E-state index >= 15 is 0 Å². The Labute approximate surface area is 194 Å². The van der Waals surface area contributed by atoms with Crippen LogP contribution in [0.4, 0.5) is 8.78 Å². The van der Waals surface area contributed by atoms with E-state index < -0.39 is 11.6 Å². The number of fused-ring (bicyclic) bond motifs is 3. The van der Waals surface area contributed by atoms with E-state index in [4.69, 9.17) is 9.47 Å². The number of amides is 1. The molecule has 2 atom stereocenters. The molecular weight excluding hydrogens is 426 g/mol. The molecule has 0 aromatic heterocycles. The van der Waals surface area contributed by atoms with Crippen LogP contribution in [0.5, 0.6) is 5.75 Å². The lowest BCUT2D eigenvalue weighted by Gasteiger charge is -2.41. The number of nitrogens with zero attached hydrogens (tertiary/aromatic N) is 2. The third kappa shape index (κ3) is 5.71. The second-order valence-electron chi connectivity index (χ2n) is 8.83. The Kier molecular flexibility index (Phi) is 7.93. The van der Waals surface area contributed by atoms with Crippen molar-refractivity contribution < 1.29 is 23.0 Å². The number of methoxy groups -OCH3 is 1. The molecule has 33 heavy (non-hydrogen) atoms. The summed E-state index contributed by atoms with van der Waals surface area (Å²) in [6.07, 6.45) is 4.45. The van der Waals surface area contributed by atoms with Gasteiger partial charge in [-0.1, -0.05) is 18.6 Å². The average molecular weight is 459 g/mol. The summed E-state index contributed by atoms with van der Waals surface area (Å²) >= 11 is 0. The Bertz CT molecular complexity index is 935. The first kappa shape index (κ1) is 23.6. The van der Waals surface area contributed by atoms with Crippen LogP contribution >= 0.6 is 0 Å². The summed E-state index contributed by atoms with van der Waals surface area (Å²) < 4.78 is 40.2. The predicted molar refractivity (Wildman–Crippen MR) is 122 cm³/mol. The topological polar surface area (TPSA) is 42.0 Å². The van der Waals surface area contributed by atoms with Gasteiger partial charge >= 0.3 is 0 Å². The van der Waals surface area contributed by atoms with Crippen LogP contribution in [0.1, 0.15) is 48.0 Å². The van der Waals surface area contributed by atoms with Crippen molar-refractivity contribution in [2.45, 2.75) is 50.8 Å². The van der Waals surface area contributed by atoms with E-state index in [1.807, 2.05) is 28.0 Å². The number of benzene rings is 2. The lowest BCUT2D eigenvalue weighted by Crippen LogP contribution is -2.51. The molecule has 1 amide bonds. The normalized spacial score (nSPS) is 22.9. The minimum absolute atomic E-state index is 0.0126. The Morgan fingerprint density at radius 1 is 1.00 bits per heavy atom. The van der Waals surface area contributed by atoms with E-state index in [2.05, 4.69) is 0 Å². The van der Waals surface area contributed by atoms with Crippen LogP contribution in [0.25, 0.3) is 0 Å². The molecule has 4 rings (SSSR count). The smallest absolute Gasteiger partial charge is 0.254 e. The first-order chi connectivity index (χ1) is 16.1. The third-order valence-corrected chi connectivity index (χ3v) is 6.71. The molecule has 1 saturated heterocycles. The van der Waals surface area contributed by atoms with Crippen LogP contribution < -0.4 is 4.74 Å². The maximum Gasteiger partial charge on any atom is 0.254 e. The van der Waals surface area contributed by atoms with Gasteiger partial charge in [-0.3, -0.25) is 9.69 Å². The van der Waals surface area contributed by atoms with Gasteiger partial charge < -0.3 is 14.4 Å². The van der Waals surface area contributed by atoms with Crippen molar-refractivity contribution in [1.29, 1.82) is 0 Å². The van der Waals surface area contributed by atoms with Gasteiger partial charge in [0.25, 0.3) is 5.91 Å². The van der Waals surface area contributed by atoms with Gasteiger partial charge in [0.1, 0.15) is 24.0 Å². The zero-order valence-corrected chi connectivity index (χ0v) is 19.1. The molecule has 2 aromatic rings. The van der Waals surface area contributed by atoms with Crippen LogP contribution in [0.2, 0.25) is 0 Å². The Morgan fingerprint density at radius 2 is 1.79 bits per heavy atom. The van der Waals surface area contributed by atoms with Crippen molar-refractivity contribution in [3.63, 3.8) is 0 Å². The maximum absolute atomic E-state index is 14.2. The first-order valence-electron chi connectivity index (χ1n) is 11.8. The molecule has 2 heterocycles. The first-order valence-corrected chi connectivity index (χ1v) is 11.8. The van der Waals surface area contributed by atoms with Crippen molar-refractivity contribution in [3.8, 4) is 5.75 Å². The van der Waals surface area contributed by atoms with Crippen molar-refractivity contribution in [2.75, 3.05) is 33.4 Å². The molecular formula is C26H32F2N2O3. The summed E-state index contributed by atoms with van der Waals surface area (Å²) in [6, 6.07) is 11.2. The molecule has 2 aromatic carbocycles. The number of carbonyl (C=O) groups is 1.